The smallest absolute Gasteiger partial charge is 0.0927 e. The molecule has 1 aromatic rings. The molecule has 0 aromatic carbocycles. The van der Waals surface area contributed by atoms with Crippen molar-refractivity contribution >= 4 is 22.9 Å². The fourth-order valence-electron chi connectivity index (χ4n) is 1.47. The third-order valence-corrected chi connectivity index (χ3v) is 3.21. The van der Waals surface area contributed by atoms with Crippen molar-refractivity contribution in [2.45, 2.75) is 26.7 Å². The van der Waals surface area contributed by atoms with Crippen LogP contribution in [-0.4, -0.2) is 10.9 Å². The minimum absolute atomic E-state index is 0.591. The number of alkyl halides is 1. The van der Waals surface area contributed by atoms with Crippen LogP contribution in [0.4, 0.5) is 0 Å². The molecule has 0 aliphatic rings. The van der Waals surface area contributed by atoms with Crippen LogP contribution in [0.1, 0.15) is 25.3 Å². The zero-order valence-corrected chi connectivity index (χ0v) is 9.74. The van der Waals surface area contributed by atoms with Gasteiger partial charge in [-0.2, -0.15) is 0 Å². The van der Waals surface area contributed by atoms with Crippen molar-refractivity contribution in [3.63, 3.8) is 0 Å². The predicted octanol–water partition coefficient (Wildman–Crippen LogP) is 3.59. The zero-order valence-electron chi connectivity index (χ0n) is 8.16. The topological polar surface area (TPSA) is 12.9 Å². The highest BCUT2D eigenvalue weighted by Crippen LogP contribution is 2.19. The monoisotopic (exact) mass is 217 g/mol. The van der Waals surface area contributed by atoms with Gasteiger partial charge in [0.15, 0.2) is 0 Å². The van der Waals surface area contributed by atoms with Gasteiger partial charge in [-0.15, -0.1) is 22.9 Å². The van der Waals surface area contributed by atoms with E-state index in [1.807, 2.05) is 11.6 Å². The lowest BCUT2D eigenvalue weighted by Gasteiger charge is -2.14. The number of aromatic nitrogens is 1. The molecule has 0 saturated heterocycles. The second-order valence-corrected chi connectivity index (χ2v) is 5.07. The van der Waals surface area contributed by atoms with Gasteiger partial charge in [-0.05, 0) is 18.3 Å². The van der Waals surface area contributed by atoms with Crippen LogP contribution in [0.2, 0.25) is 0 Å². The Balaban J connectivity index is 2.40. The van der Waals surface area contributed by atoms with E-state index in [1.165, 1.54) is 11.4 Å². The number of hydrogen-bond acceptors (Lipinski definition) is 2. The molecule has 13 heavy (non-hydrogen) atoms. The molecule has 3 heteroatoms. The third kappa shape index (κ3) is 4.10. The Morgan fingerprint density at radius 1 is 1.54 bits per heavy atom. The molecule has 0 spiro atoms. The molecule has 1 rings (SSSR count). The predicted molar refractivity (Wildman–Crippen MR) is 59.5 cm³/mol. The summed E-state index contributed by atoms with van der Waals surface area (Å²) in [5.41, 5.74) is 0. The zero-order chi connectivity index (χ0) is 9.68. The number of rotatable bonds is 5. The summed E-state index contributed by atoms with van der Waals surface area (Å²) in [6.07, 6.45) is 4.10. The van der Waals surface area contributed by atoms with Crippen molar-refractivity contribution in [3.8, 4) is 0 Å². The summed E-state index contributed by atoms with van der Waals surface area (Å²) >= 11 is 7.63. The first kappa shape index (κ1) is 11.0. The molecule has 0 N–H and O–H groups in total. The molecule has 1 atom stereocenters. The molecule has 1 nitrogen and oxygen atoms in total. The highest BCUT2D eigenvalue weighted by Gasteiger charge is 2.11. The Bertz CT molecular complexity index is 221. The molecule has 0 radical (unpaired) electrons. The Morgan fingerprint density at radius 2 is 2.31 bits per heavy atom. The summed E-state index contributed by atoms with van der Waals surface area (Å²) in [6, 6.07) is 0. The Kier molecular flexibility index (Phi) is 4.74. The summed E-state index contributed by atoms with van der Waals surface area (Å²) in [6.45, 7) is 4.47. The second kappa shape index (κ2) is 5.61. The summed E-state index contributed by atoms with van der Waals surface area (Å²) < 4.78 is 0. The molecule has 0 aliphatic heterocycles. The molecule has 1 unspecified atom stereocenters. The first-order chi connectivity index (χ1) is 6.22. The number of halogens is 1. The van der Waals surface area contributed by atoms with Crippen LogP contribution in [-0.2, 0) is 6.42 Å². The standard InChI is InChI=1S/C10H16ClNS/c1-8(2)5-9(7-11)6-10-12-3-4-13-10/h3-4,8-9H,5-7H2,1-2H3. The van der Waals surface area contributed by atoms with Gasteiger partial charge in [0.1, 0.15) is 0 Å². The van der Waals surface area contributed by atoms with Crippen LogP contribution in [0.3, 0.4) is 0 Å². The van der Waals surface area contributed by atoms with Gasteiger partial charge in [0.2, 0.25) is 0 Å². The first-order valence-electron chi connectivity index (χ1n) is 4.66. The maximum atomic E-state index is 5.91. The Morgan fingerprint density at radius 3 is 2.77 bits per heavy atom. The second-order valence-electron chi connectivity index (χ2n) is 3.78. The quantitative estimate of drug-likeness (QED) is 0.687. The van der Waals surface area contributed by atoms with Gasteiger partial charge in [0.25, 0.3) is 0 Å². The molecule has 0 amide bonds. The molecule has 0 fully saturated rings. The maximum Gasteiger partial charge on any atom is 0.0927 e. The van der Waals surface area contributed by atoms with Crippen LogP contribution >= 0.6 is 22.9 Å². The van der Waals surface area contributed by atoms with Crippen molar-refractivity contribution in [2.24, 2.45) is 11.8 Å². The Hall–Kier alpha value is -0.0800. The minimum atomic E-state index is 0.591. The van der Waals surface area contributed by atoms with Gasteiger partial charge >= 0.3 is 0 Å². The van der Waals surface area contributed by atoms with Gasteiger partial charge in [-0.3, -0.25) is 0 Å². The molecule has 0 bridgehead atoms. The highest BCUT2D eigenvalue weighted by molar-refractivity contribution is 7.09. The van der Waals surface area contributed by atoms with Crippen molar-refractivity contribution < 1.29 is 0 Å². The van der Waals surface area contributed by atoms with E-state index in [9.17, 15) is 0 Å². The van der Waals surface area contributed by atoms with Crippen molar-refractivity contribution in [3.05, 3.63) is 16.6 Å². The fourth-order valence-corrected chi connectivity index (χ4v) is 2.44. The van der Waals surface area contributed by atoms with E-state index in [0.29, 0.717) is 5.92 Å². The largest absolute Gasteiger partial charge is 0.250 e. The molecule has 74 valence electrons. The average molecular weight is 218 g/mol. The molecular weight excluding hydrogens is 202 g/mol. The average Bonchev–Trinajstić information content (AvgIpc) is 2.55. The SMILES string of the molecule is CC(C)CC(CCl)Cc1nccs1. The summed E-state index contributed by atoms with van der Waals surface area (Å²) in [5, 5.41) is 3.24. The molecule has 0 saturated carbocycles. The summed E-state index contributed by atoms with van der Waals surface area (Å²) in [5.74, 6) is 2.06. The Labute approximate surface area is 89.1 Å². The number of nitrogens with zero attached hydrogens (tertiary/aromatic N) is 1. The lowest BCUT2D eigenvalue weighted by Crippen LogP contribution is -2.09. The van der Waals surface area contributed by atoms with E-state index in [4.69, 9.17) is 11.6 Å². The van der Waals surface area contributed by atoms with E-state index < -0.39 is 0 Å². The van der Waals surface area contributed by atoms with E-state index >= 15 is 0 Å². The van der Waals surface area contributed by atoms with Crippen LogP contribution in [0.25, 0.3) is 0 Å². The van der Waals surface area contributed by atoms with Gasteiger partial charge in [0.05, 0.1) is 5.01 Å². The van der Waals surface area contributed by atoms with Crippen LogP contribution < -0.4 is 0 Å². The maximum absolute atomic E-state index is 5.91. The van der Waals surface area contributed by atoms with Crippen LogP contribution in [0.15, 0.2) is 11.6 Å². The molecule has 1 aromatic heterocycles. The van der Waals surface area contributed by atoms with Crippen LogP contribution in [0.5, 0.6) is 0 Å². The van der Waals surface area contributed by atoms with E-state index in [-0.39, 0.29) is 0 Å². The summed E-state index contributed by atoms with van der Waals surface area (Å²) in [7, 11) is 0. The number of hydrogen-bond donors (Lipinski definition) is 0. The third-order valence-electron chi connectivity index (χ3n) is 1.97. The van der Waals surface area contributed by atoms with Crippen molar-refractivity contribution in [1.82, 2.24) is 4.98 Å². The van der Waals surface area contributed by atoms with Gasteiger partial charge in [-0.1, -0.05) is 13.8 Å². The van der Waals surface area contributed by atoms with Gasteiger partial charge in [-0.25, -0.2) is 4.98 Å². The van der Waals surface area contributed by atoms with Gasteiger partial charge in [0, 0.05) is 23.9 Å². The molecule has 0 aliphatic carbocycles. The van der Waals surface area contributed by atoms with Crippen molar-refractivity contribution in [2.75, 3.05) is 5.88 Å². The fraction of sp³-hybridized carbons (Fsp3) is 0.700. The van der Waals surface area contributed by atoms with E-state index in [2.05, 4.69) is 18.8 Å². The molecule has 1 heterocycles. The lowest BCUT2D eigenvalue weighted by molar-refractivity contribution is 0.440. The first-order valence-corrected chi connectivity index (χ1v) is 6.08. The minimum Gasteiger partial charge on any atom is -0.250 e. The van der Waals surface area contributed by atoms with E-state index in [0.717, 1.165) is 18.2 Å². The summed E-state index contributed by atoms with van der Waals surface area (Å²) in [4.78, 5) is 4.27. The van der Waals surface area contributed by atoms with Crippen LogP contribution in [0, 0.1) is 11.8 Å². The van der Waals surface area contributed by atoms with Crippen molar-refractivity contribution in [1.29, 1.82) is 0 Å². The van der Waals surface area contributed by atoms with Gasteiger partial charge < -0.3 is 0 Å². The number of thiazole rings is 1. The normalized spacial score (nSPS) is 13.5. The lowest BCUT2D eigenvalue weighted by atomic mass is 9.96. The molecular formula is C10H16ClNS. The van der Waals surface area contributed by atoms with E-state index in [1.54, 1.807) is 11.3 Å². The highest BCUT2D eigenvalue weighted by atomic mass is 35.5.